The number of nitrogens with two attached hydrogens (primary N) is 1. The number of nitrogens with one attached hydrogen (secondary N) is 1. The minimum Gasteiger partial charge on any atom is -0.447 e. The summed E-state index contributed by atoms with van der Waals surface area (Å²) in [5.41, 5.74) is 9.82. The van der Waals surface area contributed by atoms with E-state index in [1.807, 2.05) is 44.4 Å². The number of aryl methyl sites for hydroxylation is 3. The van der Waals surface area contributed by atoms with Crippen LogP contribution in [0.5, 0.6) is 10.8 Å². The molecule has 2 heterocycles. The minimum absolute atomic E-state index is 0.230. The van der Waals surface area contributed by atoms with Crippen LogP contribution in [0.3, 0.4) is 0 Å². The molecule has 0 aliphatic carbocycles. The first kappa shape index (κ1) is 17.0. The molecular formula is C19H19N3O2S. The highest BCUT2D eigenvalue weighted by molar-refractivity contribution is 7.12. The van der Waals surface area contributed by atoms with Crippen molar-refractivity contribution in [2.75, 3.05) is 11.1 Å². The van der Waals surface area contributed by atoms with Crippen molar-refractivity contribution in [2.45, 2.75) is 20.8 Å². The van der Waals surface area contributed by atoms with Crippen LogP contribution in [0.15, 0.2) is 41.8 Å². The number of ether oxygens (including phenoxy) is 1. The Labute approximate surface area is 150 Å². The third-order valence-electron chi connectivity index (χ3n) is 3.78. The van der Waals surface area contributed by atoms with Crippen LogP contribution in [0, 0.1) is 20.8 Å². The van der Waals surface area contributed by atoms with Gasteiger partial charge in [0, 0.05) is 11.4 Å². The highest BCUT2D eigenvalue weighted by Crippen LogP contribution is 2.29. The molecule has 0 saturated carbocycles. The van der Waals surface area contributed by atoms with Crippen molar-refractivity contribution in [3.8, 4) is 10.8 Å². The molecule has 0 saturated heterocycles. The highest BCUT2D eigenvalue weighted by Gasteiger charge is 2.13. The molecule has 5 nitrogen and oxygen atoms in total. The average molecular weight is 353 g/mol. The van der Waals surface area contributed by atoms with Crippen molar-refractivity contribution in [1.29, 1.82) is 0 Å². The van der Waals surface area contributed by atoms with Gasteiger partial charge in [0.1, 0.15) is 11.6 Å². The second kappa shape index (κ2) is 6.94. The predicted octanol–water partition coefficient (Wildman–Crippen LogP) is 4.70. The molecule has 0 unspecified atom stereocenters. The van der Waals surface area contributed by atoms with E-state index in [0.29, 0.717) is 17.0 Å². The van der Waals surface area contributed by atoms with Crippen LogP contribution >= 0.6 is 11.3 Å². The van der Waals surface area contributed by atoms with Crippen molar-refractivity contribution in [3.63, 3.8) is 0 Å². The normalized spacial score (nSPS) is 10.5. The van der Waals surface area contributed by atoms with E-state index in [2.05, 4.69) is 10.3 Å². The third-order valence-corrected chi connectivity index (χ3v) is 4.70. The van der Waals surface area contributed by atoms with Gasteiger partial charge in [0.2, 0.25) is 0 Å². The maximum absolute atomic E-state index is 12.4. The summed E-state index contributed by atoms with van der Waals surface area (Å²) in [7, 11) is 0. The average Bonchev–Trinajstić information content (AvgIpc) is 2.97. The van der Waals surface area contributed by atoms with Gasteiger partial charge in [0.15, 0.2) is 5.06 Å². The molecular weight excluding hydrogens is 334 g/mol. The maximum atomic E-state index is 12.4. The van der Waals surface area contributed by atoms with Gasteiger partial charge in [-0.1, -0.05) is 0 Å². The summed E-state index contributed by atoms with van der Waals surface area (Å²) >= 11 is 1.55. The van der Waals surface area contributed by atoms with E-state index in [9.17, 15) is 4.79 Å². The molecule has 25 heavy (non-hydrogen) atoms. The maximum Gasteiger partial charge on any atom is 0.259 e. The molecule has 0 spiro atoms. The standard InChI is InChI=1S/C19H19N3O2S/c1-11-8-17(25-10-11)24-15-6-4-14(5-7-15)22-19(23)16-9-12(2)13(3)21-18(16)20/h4-10H,1-3H3,(H2,20,21)(H,22,23). The lowest BCUT2D eigenvalue weighted by atomic mass is 10.1. The topological polar surface area (TPSA) is 77.2 Å². The van der Waals surface area contributed by atoms with E-state index in [4.69, 9.17) is 10.5 Å². The third kappa shape index (κ3) is 3.97. The molecule has 0 fully saturated rings. The number of hydrogen-bond donors (Lipinski definition) is 2. The van der Waals surface area contributed by atoms with E-state index in [1.165, 1.54) is 5.56 Å². The second-order valence-corrected chi connectivity index (χ2v) is 6.72. The van der Waals surface area contributed by atoms with Gasteiger partial charge in [-0.3, -0.25) is 4.79 Å². The monoisotopic (exact) mass is 353 g/mol. The number of nitrogens with zero attached hydrogens (tertiary/aromatic N) is 1. The first-order valence-corrected chi connectivity index (χ1v) is 8.68. The van der Waals surface area contributed by atoms with Crippen LogP contribution in [0.4, 0.5) is 11.5 Å². The summed E-state index contributed by atoms with van der Waals surface area (Å²) in [4.78, 5) is 16.6. The van der Waals surface area contributed by atoms with Crippen molar-refractivity contribution < 1.29 is 9.53 Å². The van der Waals surface area contributed by atoms with Gasteiger partial charge in [0.25, 0.3) is 5.91 Å². The molecule has 0 aliphatic rings. The Hall–Kier alpha value is -2.86. The molecule has 6 heteroatoms. The second-order valence-electron chi connectivity index (χ2n) is 5.85. The fraction of sp³-hybridized carbons (Fsp3) is 0.158. The first-order chi connectivity index (χ1) is 11.9. The van der Waals surface area contributed by atoms with Crippen LogP contribution in [0.25, 0.3) is 0 Å². The minimum atomic E-state index is -0.282. The largest absolute Gasteiger partial charge is 0.447 e. The molecule has 0 bridgehead atoms. The number of nitrogen functional groups attached to an aromatic ring is 1. The molecule has 128 valence electrons. The number of amides is 1. The zero-order chi connectivity index (χ0) is 18.0. The molecule has 1 amide bonds. The summed E-state index contributed by atoms with van der Waals surface area (Å²) in [6, 6.07) is 10.9. The molecule has 2 aromatic heterocycles. The van der Waals surface area contributed by atoms with Crippen LogP contribution in [-0.2, 0) is 0 Å². The van der Waals surface area contributed by atoms with E-state index >= 15 is 0 Å². The number of anilines is 2. The quantitative estimate of drug-likeness (QED) is 0.713. The lowest BCUT2D eigenvalue weighted by Crippen LogP contribution is -2.15. The summed E-state index contributed by atoms with van der Waals surface area (Å²) in [6.07, 6.45) is 0. The number of pyridine rings is 1. The number of carbonyl (C=O) groups is 1. The SMILES string of the molecule is Cc1csc(Oc2ccc(NC(=O)c3cc(C)c(C)nc3N)cc2)c1. The van der Waals surface area contributed by atoms with E-state index < -0.39 is 0 Å². The van der Waals surface area contributed by atoms with Crippen LogP contribution in [-0.4, -0.2) is 10.9 Å². The van der Waals surface area contributed by atoms with Gasteiger partial charge in [-0.15, -0.1) is 11.3 Å². The van der Waals surface area contributed by atoms with Crippen molar-refractivity contribution in [2.24, 2.45) is 0 Å². The summed E-state index contributed by atoms with van der Waals surface area (Å²) in [6.45, 7) is 5.79. The zero-order valence-electron chi connectivity index (χ0n) is 14.3. The first-order valence-electron chi connectivity index (χ1n) is 7.80. The highest BCUT2D eigenvalue weighted by atomic mass is 32.1. The molecule has 3 rings (SSSR count). The number of carbonyl (C=O) groups excluding carboxylic acids is 1. The number of aromatic nitrogens is 1. The lowest BCUT2D eigenvalue weighted by molar-refractivity contribution is 0.102. The zero-order valence-corrected chi connectivity index (χ0v) is 15.1. The van der Waals surface area contributed by atoms with Gasteiger partial charge in [-0.2, -0.15) is 0 Å². The number of benzene rings is 1. The van der Waals surface area contributed by atoms with Gasteiger partial charge in [-0.05, 0) is 73.7 Å². The van der Waals surface area contributed by atoms with Crippen molar-refractivity contribution in [3.05, 3.63) is 64.2 Å². The molecule has 0 radical (unpaired) electrons. The van der Waals surface area contributed by atoms with Crippen LogP contribution in [0.1, 0.15) is 27.2 Å². The number of rotatable bonds is 4. The van der Waals surface area contributed by atoms with Gasteiger partial charge in [-0.25, -0.2) is 4.98 Å². The van der Waals surface area contributed by atoms with E-state index in [0.717, 1.165) is 16.3 Å². The number of thiophene rings is 1. The van der Waals surface area contributed by atoms with E-state index in [1.54, 1.807) is 29.5 Å². The summed E-state index contributed by atoms with van der Waals surface area (Å²) < 4.78 is 5.77. The van der Waals surface area contributed by atoms with E-state index in [-0.39, 0.29) is 11.7 Å². The Bertz CT molecular complexity index is 917. The molecule has 0 aliphatic heterocycles. The lowest BCUT2D eigenvalue weighted by Gasteiger charge is -2.10. The molecule has 1 aromatic carbocycles. The molecule has 0 atom stereocenters. The smallest absolute Gasteiger partial charge is 0.259 e. The Morgan fingerprint density at radius 3 is 2.52 bits per heavy atom. The van der Waals surface area contributed by atoms with Crippen molar-refractivity contribution >= 4 is 28.7 Å². The predicted molar refractivity (Wildman–Crippen MR) is 102 cm³/mol. The molecule has 3 N–H and O–H groups in total. The van der Waals surface area contributed by atoms with Crippen LogP contribution < -0.4 is 15.8 Å². The van der Waals surface area contributed by atoms with Crippen LogP contribution in [0.2, 0.25) is 0 Å². The summed E-state index contributed by atoms with van der Waals surface area (Å²) in [5, 5.41) is 5.70. The fourth-order valence-corrected chi connectivity index (χ4v) is 3.05. The Morgan fingerprint density at radius 2 is 1.88 bits per heavy atom. The van der Waals surface area contributed by atoms with Gasteiger partial charge in [0.05, 0.1) is 5.56 Å². The fourth-order valence-electron chi connectivity index (χ4n) is 2.29. The Balaban J connectivity index is 1.71. The molecule has 3 aromatic rings. The number of hydrogen-bond acceptors (Lipinski definition) is 5. The Morgan fingerprint density at radius 1 is 1.16 bits per heavy atom. The van der Waals surface area contributed by atoms with Crippen molar-refractivity contribution in [1.82, 2.24) is 4.98 Å². The van der Waals surface area contributed by atoms with Gasteiger partial charge >= 0.3 is 0 Å². The van der Waals surface area contributed by atoms with Gasteiger partial charge < -0.3 is 15.8 Å². The summed E-state index contributed by atoms with van der Waals surface area (Å²) in [5.74, 6) is 0.663. The Kier molecular flexibility index (Phi) is 4.72.